The fourth-order valence-electron chi connectivity index (χ4n) is 3.09. The van der Waals surface area contributed by atoms with E-state index in [1.807, 2.05) is 30.3 Å². The predicted molar refractivity (Wildman–Crippen MR) is 61.0 cm³/mol. The largest absolute Gasteiger partial charge is 0.462 e. The lowest BCUT2D eigenvalue weighted by molar-refractivity contribution is -0.142. The summed E-state index contributed by atoms with van der Waals surface area (Å²) in [5.41, 5.74) is 1.13. The molecule has 1 heterocycles. The molecule has 3 rings (SSSR count). The summed E-state index contributed by atoms with van der Waals surface area (Å²) in [6.45, 7) is 0. The van der Waals surface area contributed by atoms with Crippen LogP contribution in [0.2, 0.25) is 0 Å². The highest BCUT2D eigenvalue weighted by molar-refractivity contribution is 5.81. The van der Waals surface area contributed by atoms with Crippen LogP contribution in [0.25, 0.3) is 0 Å². The van der Waals surface area contributed by atoms with Crippen LogP contribution in [0.5, 0.6) is 0 Å². The summed E-state index contributed by atoms with van der Waals surface area (Å²) in [5, 5.41) is 0. The Hall–Kier alpha value is -1.31. The molecule has 0 radical (unpaired) electrons. The minimum absolute atomic E-state index is 0.00787. The van der Waals surface area contributed by atoms with Crippen molar-refractivity contribution >= 4 is 5.97 Å². The Balaban J connectivity index is 1.91. The molecule has 0 N–H and O–H groups in total. The summed E-state index contributed by atoms with van der Waals surface area (Å²) in [6, 6.07) is 10.1. The predicted octanol–water partition coefficient (Wildman–Crippen LogP) is 2.89. The number of carbonyl (C=O) groups excluding carboxylic acids is 1. The molecule has 2 heteroatoms. The minimum Gasteiger partial charge on any atom is -0.462 e. The second kappa shape index (κ2) is 3.93. The van der Waals surface area contributed by atoms with Crippen molar-refractivity contribution in [1.29, 1.82) is 0 Å². The highest BCUT2D eigenvalue weighted by Gasteiger charge is 2.45. The smallest absolute Gasteiger partial charge is 0.314 e. The van der Waals surface area contributed by atoms with Gasteiger partial charge >= 0.3 is 5.97 Å². The first-order valence-electron chi connectivity index (χ1n) is 6.12. The van der Waals surface area contributed by atoms with Crippen LogP contribution in [0, 0.1) is 5.92 Å². The maximum atomic E-state index is 11.9. The van der Waals surface area contributed by atoms with Gasteiger partial charge in [0.1, 0.15) is 6.10 Å². The van der Waals surface area contributed by atoms with Gasteiger partial charge in [-0.3, -0.25) is 4.79 Å². The Morgan fingerprint density at radius 3 is 2.62 bits per heavy atom. The molecule has 0 bridgehead atoms. The second-order valence-corrected chi connectivity index (χ2v) is 4.81. The normalized spacial score (nSPS) is 33.2. The van der Waals surface area contributed by atoms with Gasteiger partial charge in [0, 0.05) is 5.92 Å². The molecular weight excluding hydrogens is 200 g/mol. The van der Waals surface area contributed by atoms with Crippen molar-refractivity contribution in [3.05, 3.63) is 35.9 Å². The molecule has 0 aromatic heterocycles. The summed E-state index contributed by atoms with van der Waals surface area (Å²) in [5.74, 6) is 0.401. The van der Waals surface area contributed by atoms with Crippen LogP contribution in [-0.2, 0) is 9.53 Å². The maximum Gasteiger partial charge on any atom is 0.314 e. The molecule has 1 aliphatic heterocycles. The van der Waals surface area contributed by atoms with Gasteiger partial charge in [-0.2, -0.15) is 0 Å². The monoisotopic (exact) mass is 216 g/mol. The van der Waals surface area contributed by atoms with Crippen molar-refractivity contribution in [2.75, 3.05) is 0 Å². The molecule has 1 aromatic carbocycles. The molecular formula is C14H16O2. The Bertz CT molecular complexity index is 385. The van der Waals surface area contributed by atoms with Gasteiger partial charge in [0.15, 0.2) is 0 Å². The van der Waals surface area contributed by atoms with Crippen LogP contribution < -0.4 is 0 Å². The summed E-state index contributed by atoms with van der Waals surface area (Å²) >= 11 is 0. The van der Waals surface area contributed by atoms with Crippen molar-refractivity contribution in [3.8, 4) is 0 Å². The highest BCUT2D eigenvalue weighted by Crippen LogP contribution is 2.43. The average molecular weight is 216 g/mol. The number of benzene rings is 1. The van der Waals surface area contributed by atoms with Gasteiger partial charge in [-0.1, -0.05) is 36.8 Å². The molecule has 84 valence electrons. The Morgan fingerprint density at radius 2 is 1.81 bits per heavy atom. The van der Waals surface area contributed by atoms with Gasteiger partial charge in [-0.05, 0) is 24.8 Å². The van der Waals surface area contributed by atoms with Crippen LogP contribution in [0.15, 0.2) is 30.3 Å². The Labute approximate surface area is 95.6 Å². The number of rotatable bonds is 1. The molecule has 1 saturated carbocycles. The molecule has 2 nitrogen and oxygen atoms in total. The number of fused-ring (bicyclic) bond motifs is 1. The second-order valence-electron chi connectivity index (χ2n) is 4.81. The van der Waals surface area contributed by atoms with E-state index < -0.39 is 0 Å². The van der Waals surface area contributed by atoms with Crippen LogP contribution in [0.4, 0.5) is 0 Å². The molecule has 3 atom stereocenters. The molecule has 2 fully saturated rings. The summed E-state index contributed by atoms with van der Waals surface area (Å²) in [6.07, 6.45) is 4.82. The first kappa shape index (κ1) is 9.88. The first-order valence-corrected chi connectivity index (χ1v) is 6.12. The zero-order valence-corrected chi connectivity index (χ0v) is 9.26. The number of hydrogen-bond acceptors (Lipinski definition) is 2. The van der Waals surface area contributed by atoms with Crippen molar-refractivity contribution in [1.82, 2.24) is 0 Å². The third-order valence-corrected chi connectivity index (χ3v) is 3.86. The maximum absolute atomic E-state index is 11.9. The zero-order chi connectivity index (χ0) is 11.0. The van der Waals surface area contributed by atoms with Gasteiger partial charge in [0.25, 0.3) is 0 Å². The van der Waals surface area contributed by atoms with Gasteiger partial charge in [0.05, 0.1) is 5.92 Å². The molecule has 0 unspecified atom stereocenters. The standard InChI is InChI=1S/C14H16O2/c15-14-13(10-6-2-1-3-7-10)11-8-4-5-9-12(11)16-14/h1-3,6-7,11-13H,4-5,8-9H2/t11-,12-,13-/m0/s1. The zero-order valence-electron chi connectivity index (χ0n) is 9.26. The molecule has 1 aromatic rings. The summed E-state index contributed by atoms with van der Waals surface area (Å²) in [4.78, 5) is 11.9. The summed E-state index contributed by atoms with van der Waals surface area (Å²) < 4.78 is 5.49. The summed E-state index contributed by atoms with van der Waals surface area (Å²) in [7, 11) is 0. The minimum atomic E-state index is -0.0110. The molecule has 1 aliphatic carbocycles. The lowest BCUT2D eigenvalue weighted by Gasteiger charge is -2.25. The number of carbonyl (C=O) groups is 1. The molecule has 1 saturated heterocycles. The Morgan fingerprint density at radius 1 is 1.06 bits per heavy atom. The quantitative estimate of drug-likeness (QED) is 0.675. The fraction of sp³-hybridized carbons (Fsp3) is 0.500. The van der Waals surface area contributed by atoms with E-state index in [-0.39, 0.29) is 18.0 Å². The van der Waals surface area contributed by atoms with E-state index in [4.69, 9.17) is 4.74 Å². The average Bonchev–Trinajstić information content (AvgIpc) is 2.66. The fourth-order valence-corrected chi connectivity index (χ4v) is 3.09. The third kappa shape index (κ3) is 1.53. The topological polar surface area (TPSA) is 26.3 Å². The number of esters is 1. The number of ether oxygens (including phenoxy) is 1. The van der Waals surface area contributed by atoms with Crippen LogP contribution in [0.1, 0.15) is 37.2 Å². The van der Waals surface area contributed by atoms with E-state index in [0.717, 1.165) is 18.4 Å². The lowest BCUT2D eigenvalue weighted by Crippen LogP contribution is -2.23. The molecule has 16 heavy (non-hydrogen) atoms. The van der Waals surface area contributed by atoms with Gasteiger partial charge < -0.3 is 4.74 Å². The molecule has 2 aliphatic rings. The van der Waals surface area contributed by atoms with Crippen LogP contribution in [-0.4, -0.2) is 12.1 Å². The van der Waals surface area contributed by atoms with E-state index in [1.165, 1.54) is 12.8 Å². The van der Waals surface area contributed by atoms with Gasteiger partial charge in [0.2, 0.25) is 0 Å². The van der Waals surface area contributed by atoms with Crippen molar-refractivity contribution < 1.29 is 9.53 Å². The van der Waals surface area contributed by atoms with Gasteiger partial charge in [-0.25, -0.2) is 0 Å². The van der Waals surface area contributed by atoms with Crippen molar-refractivity contribution in [3.63, 3.8) is 0 Å². The van der Waals surface area contributed by atoms with E-state index in [9.17, 15) is 4.79 Å². The first-order chi connectivity index (χ1) is 7.86. The van der Waals surface area contributed by atoms with Gasteiger partial charge in [-0.15, -0.1) is 0 Å². The van der Waals surface area contributed by atoms with E-state index in [0.29, 0.717) is 5.92 Å². The molecule has 0 amide bonds. The van der Waals surface area contributed by atoms with E-state index >= 15 is 0 Å². The van der Waals surface area contributed by atoms with Crippen LogP contribution in [0.3, 0.4) is 0 Å². The Kier molecular flexibility index (Phi) is 2.43. The lowest BCUT2D eigenvalue weighted by atomic mass is 9.77. The highest BCUT2D eigenvalue weighted by atomic mass is 16.6. The SMILES string of the molecule is O=C1O[C@H]2CCCC[C@@H]2[C@@H]1c1ccccc1. The third-order valence-electron chi connectivity index (χ3n) is 3.86. The van der Waals surface area contributed by atoms with Crippen molar-refractivity contribution in [2.24, 2.45) is 5.92 Å². The van der Waals surface area contributed by atoms with Crippen LogP contribution >= 0.6 is 0 Å². The van der Waals surface area contributed by atoms with E-state index in [1.54, 1.807) is 0 Å². The number of hydrogen-bond donors (Lipinski definition) is 0. The molecule has 0 spiro atoms. The van der Waals surface area contributed by atoms with E-state index in [2.05, 4.69) is 0 Å². The van der Waals surface area contributed by atoms with Crippen molar-refractivity contribution in [2.45, 2.75) is 37.7 Å².